The summed E-state index contributed by atoms with van der Waals surface area (Å²) in [5.41, 5.74) is 1.13. The largest absolute Gasteiger partial charge is 0.422 e. The highest BCUT2D eigenvalue weighted by atomic mass is 19.4. The number of ether oxygens (including phenoxy) is 1. The van der Waals surface area contributed by atoms with Crippen LogP contribution in [0.5, 0.6) is 5.75 Å². The van der Waals surface area contributed by atoms with Gasteiger partial charge in [-0.1, -0.05) is 0 Å². The summed E-state index contributed by atoms with van der Waals surface area (Å²) in [5.74, 6) is -2.01. The van der Waals surface area contributed by atoms with Crippen molar-refractivity contribution < 1.29 is 27.5 Å². The first-order chi connectivity index (χ1) is 10.1. The molecule has 2 heterocycles. The van der Waals surface area contributed by atoms with Crippen molar-refractivity contribution in [2.45, 2.75) is 26.4 Å². The number of nitrogens with zero attached hydrogens (tertiary/aromatic N) is 3. The van der Waals surface area contributed by atoms with Gasteiger partial charge in [0.05, 0.1) is 11.6 Å². The predicted octanol–water partition coefficient (Wildman–Crippen LogP) is 1.35. The molecule has 0 bridgehead atoms. The molecule has 0 aliphatic carbocycles. The van der Waals surface area contributed by atoms with E-state index in [0.717, 1.165) is 0 Å². The Bertz CT molecular complexity index is 610. The van der Waals surface area contributed by atoms with E-state index in [1.807, 2.05) is 0 Å². The average molecular weight is 319 g/mol. The Hall–Kier alpha value is -2.06. The summed E-state index contributed by atoms with van der Waals surface area (Å²) in [4.78, 5) is 24.3. The molecule has 1 aromatic heterocycles. The van der Waals surface area contributed by atoms with Gasteiger partial charge >= 0.3 is 12.1 Å². The van der Waals surface area contributed by atoms with Gasteiger partial charge < -0.3 is 9.64 Å². The molecule has 1 amide bonds. The van der Waals surface area contributed by atoms with Crippen LogP contribution in [0, 0.1) is 19.8 Å². The van der Waals surface area contributed by atoms with E-state index < -0.39 is 30.5 Å². The number of likely N-dealkylation sites (tertiary alicyclic amines) is 1. The standard InChI is InChI=1S/C13H16F3N3O3/c1-7-11(8(2)18(3)17-7)22-12(21)9-4-10(20)19(5-9)6-13(14,15)16/h9H,4-6H2,1-3H3. The van der Waals surface area contributed by atoms with E-state index in [1.54, 1.807) is 20.9 Å². The molecule has 1 saturated heterocycles. The minimum Gasteiger partial charge on any atom is -0.422 e. The van der Waals surface area contributed by atoms with Crippen LogP contribution < -0.4 is 4.74 Å². The maximum Gasteiger partial charge on any atom is 0.406 e. The summed E-state index contributed by atoms with van der Waals surface area (Å²) in [6.45, 7) is 1.74. The fraction of sp³-hybridized carbons (Fsp3) is 0.615. The van der Waals surface area contributed by atoms with Gasteiger partial charge in [-0.25, -0.2) is 0 Å². The lowest BCUT2D eigenvalue weighted by Crippen LogP contribution is -2.36. The molecule has 1 fully saturated rings. The van der Waals surface area contributed by atoms with Gasteiger partial charge in [-0.3, -0.25) is 14.3 Å². The lowest BCUT2D eigenvalue weighted by Gasteiger charge is -2.18. The molecule has 9 heteroatoms. The first-order valence-electron chi connectivity index (χ1n) is 6.65. The number of esters is 1. The predicted molar refractivity (Wildman–Crippen MR) is 69.1 cm³/mol. The zero-order valence-corrected chi connectivity index (χ0v) is 12.4. The SMILES string of the molecule is Cc1nn(C)c(C)c1OC(=O)C1CC(=O)N(CC(F)(F)F)C1. The summed E-state index contributed by atoms with van der Waals surface area (Å²) in [6, 6.07) is 0. The smallest absolute Gasteiger partial charge is 0.406 e. The highest BCUT2D eigenvalue weighted by Gasteiger charge is 2.41. The summed E-state index contributed by atoms with van der Waals surface area (Å²) >= 11 is 0. The molecular formula is C13H16F3N3O3. The van der Waals surface area contributed by atoms with E-state index in [4.69, 9.17) is 4.74 Å². The van der Waals surface area contributed by atoms with Crippen molar-refractivity contribution in [3.8, 4) is 5.75 Å². The second-order valence-electron chi connectivity index (χ2n) is 5.34. The average Bonchev–Trinajstić information content (AvgIpc) is 2.83. The van der Waals surface area contributed by atoms with Crippen LogP contribution in [0.25, 0.3) is 0 Å². The van der Waals surface area contributed by atoms with Crippen molar-refractivity contribution in [1.82, 2.24) is 14.7 Å². The first kappa shape index (κ1) is 16.3. The maximum atomic E-state index is 12.3. The number of aromatic nitrogens is 2. The third-order valence-corrected chi connectivity index (χ3v) is 3.56. The van der Waals surface area contributed by atoms with Gasteiger partial charge in [0.15, 0.2) is 5.75 Å². The second kappa shape index (κ2) is 5.62. The van der Waals surface area contributed by atoms with E-state index in [2.05, 4.69) is 5.10 Å². The number of carbonyl (C=O) groups is 2. The monoisotopic (exact) mass is 319 g/mol. The Morgan fingerprint density at radius 2 is 2.05 bits per heavy atom. The third kappa shape index (κ3) is 3.40. The van der Waals surface area contributed by atoms with E-state index in [1.165, 1.54) is 4.68 Å². The molecule has 0 saturated carbocycles. The Labute approximate surface area is 124 Å². The van der Waals surface area contributed by atoms with Crippen molar-refractivity contribution >= 4 is 11.9 Å². The molecule has 6 nitrogen and oxygen atoms in total. The molecule has 1 atom stereocenters. The van der Waals surface area contributed by atoms with E-state index in [9.17, 15) is 22.8 Å². The molecule has 1 aromatic rings. The number of carbonyl (C=O) groups excluding carboxylic acids is 2. The van der Waals surface area contributed by atoms with Crippen molar-refractivity contribution in [1.29, 1.82) is 0 Å². The maximum absolute atomic E-state index is 12.3. The van der Waals surface area contributed by atoms with Crippen LogP contribution in [-0.4, -0.2) is 45.8 Å². The second-order valence-corrected chi connectivity index (χ2v) is 5.34. The Kier molecular flexibility index (Phi) is 4.17. The molecule has 22 heavy (non-hydrogen) atoms. The molecule has 0 N–H and O–H groups in total. The van der Waals surface area contributed by atoms with Crippen molar-refractivity contribution in [3.05, 3.63) is 11.4 Å². The van der Waals surface area contributed by atoms with Crippen LogP contribution in [0.4, 0.5) is 13.2 Å². The summed E-state index contributed by atoms with van der Waals surface area (Å²) < 4.78 is 43.8. The number of amides is 1. The zero-order valence-electron chi connectivity index (χ0n) is 12.4. The molecule has 1 aliphatic rings. The molecule has 0 spiro atoms. The van der Waals surface area contributed by atoms with Crippen molar-refractivity contribution in [2.75, 3.05) is 13.1 Å². The van der Waals surface area contributed by atoms with Crippen LogP contribution in [0.2, 0.25) is 0 Å². The summed E-state index contributed by atoms with van der Waals surface area (Å²) in [6.07, 6.45) is -4.75. The van der Waals surface area contributed by atoms with E-state index >= 15 is 0 Å². The quantitative estimate of drug-likeness (QED) is 0.789. The lowest BCUT2D eigenvalue weighted by atomic mass is 10.1. The fourth-order valence-electron chi connectivity index (χ4n) is 2.39. The van der Waals surface area contributed by atoms with Gasteiger partial charge in [0.25, 0.3) is 0 Å². The van der Waals surface area contributed by atoms with Gasteiger partial charge in [-0.2, -0.15) is 18.3 Å². The molecule has 2 rings (SSSR count). The molecule has 0 radical (unpaired) electrons. The Morgan fingerprint density at radius 1 is 1.41 bits per heavy atom. The van der Waals surface area contributed by atoms with E-state index in [-0.39, 0.29) is 18.7 Å². The van der Waals surface area contributed by atoms with Crippen molar-refractivity contribution in [3.63, 3.8) is 0 Å². The van der Waals surface area contributed by atoms with Gasteiger partial charge in [0.2, 0.25) is 5.91 Å². The van der Waals surface area contributed by atoms with Crippen LogP contribution in [0.1, 0.15) is 17.8 Å². The van der Waals surface area contributed by atoms with E-state index in [0.29, 0.717) is 16.3 Å². The molecule has 1 unspecified atom stereocenters. The van der Waals surface area contributed by atoms with Crippen LogP contribution in [0.3, 0.4) is 0 Å². The number of alkyl halides is 3. The molecular weight excluding hydrogens is 303 g/mol. The fourth-order valence-corrected chi connectivity index (χ4v) is 2.39. The highest BCUT2D eigenvalue weighted by Crippen LogP contribution is 2.27. The number of hydrogen-bond donors (Lipinski definition) is 0. The molecule has 1 aliphatic heterocycles. The third-order valence-electron chi connectivity index (χ3n) is 3.56. The van der Waals surface area contributed by atoms with Gasteiger partial charge in [-0.05, 0) is 13.8 Å². The van der Waals surface area contributed by atoms with Gasteiger partial charge in [0.1, 0.15) is 12.2 Å². The Balaban J connectivity index is 2.04. The van der Waals surface area contributed by atoms with Crippen molar-refractivity contribution in [2.24, 2.45) is 13.0 Å². The number of aryl methyl sites for hydroxylation is 2. The minimum absolute atomic E-state index is 0.271. The number of rotatable bonds is 3. The van der Waals surface area contributed by atoms with Gasteiger partial charge in [-0.15, -0.1) is 0 Å². The minimum atomic E-state index is -4.48. The number of hydrogen-bond acceptors (Lipinski definition) is 4. The Morgan fingerprint density at radius 3 is 2.55 bits per heavy atom. The normalized spacial score (nSPS) is 18.9. The summed E-state index contributed by atoms with van der Waals surface area (Å²) in [7, 11) is 1.68. The molecule has 0 aromatic carbocycles. The molecule has 122 valence electrons. The van der Waals surface area contributed by atoms with Crippen LogP contribution in [-0.2, 0) is 16.6 Å². The number of halogens is 3. The van der Waals surface area contributed by atoms with Crippen LogP contribution in [0.15, 0.2) is 0 Å². The highest BCUT2D eigenvalue weighted by molar-refractivity contribution is 5.87. The summed E-state index contributed by atoms with van der Waals surface area (Å²) in [5, 5.41) is 4.08. The topological polar surface area (TPSA) is 64.4 Å². The first-order valence-corrected chi connectivity index (χ1v) is 6.65. The van der Waals surface area contributed by atoms with Crippen LogP contribution >= 0.6 is 0 Å². The zero-order chi connectivity index (χ0) is 16.7. The lowest BCUT2D eigenvalue weighted by molar-refractivity contribution is -0.157. The van der Waals surface area contributed by atoms with Gasteiger partial charge in [0, 0.05) is 20.0 Å².